The van der Waals surface area contributed by atoms with Crippen molar-refractivity contribution >= 4 is 0 Å². The van der Waals surface area contributed by atoms with Gasteiger partial charge >= 0.3 is 6.36 Å². The van der Waals surface area contributed by atoms with Gasteiger partial charge in [-0.2, -0.15) is 0 Å². The summed E-state index contributed by atoms with van der Waals surface area (Å²) >= 11 is 0. The molecule has 3 rings (SSSR count). The fourth-order valence-electron chi connectivity index (χ4n) is 2.75. The molecule has 1 saturated heterocycles. The van der Waals surface area contributed by atoms with Gasteiger partial charge in [0.25, 0.3) is 0 Å². The van der Waals surface area contributed by atoms with Crippen LogP contribution >= 0.6 is 0 Å². The normalized spacial score (nSPS) is 18.4. The Kier molecular flexibility index (Phi) is 4.07. The van der Waals surface area contributed by atoms with E-state index >= 15 is 0 Å². The molecule has 1 aliphatic rings. The smallest absolute Gasteiger partial charge is 0.406 e. The molecule has 2 aromatic rings. The van der Waals surface area contributed by atoms with Crippen LogP contribution in [0.2, 0.25) is 0 Å². The Morgan fingerprint density at radius 3 is 2.41 bits per heavy atom. The summed E-state index contributed by atoms with van der Waals surface area (Å²) in [6.07, 6.45) is -2.38. The molecule has 1 aliphatic heterocycles. The summed E-state index contributed by atoms with van der Waals surface area (Å²) in [7, 11) is 0. The van der Waals surface area contributed by atoms with E-state index in [0.29, 0.717) is 11.6 Å². The van der Waals surface area contributed by atoms with Crippen molar-refractivity contribution in [3.63, 3.8) is 0 Å². The number of rotatable bonds is 3. The molecular weight excluding hydrogens is 291 g/mol. The first-order valence-corrected chi connectivity index (χ1v) is 7.21. The van der Waals surface area contributed by atoms with Crippen LogP contribution in [-0.4, -0.2) is 12.9 Å². The highest BCUT2D eigenvalue weighted by atomic mass is 19.4. The lowest BCUT2D eigenvalue weighted by Crippen LogP contribution is -2.17. The third kappa shape index (κ3) is 3.60. The second-order valence-electron chi connectivity index (χ2n) is 5.35. The molecule has 2 nitrogen and oxygen atoms in total. The lowest BCUT2D eigenvalue weighted by molar-refractivity contribution is -0.274. The van der Waals surface area contributed by atoms with Crippen molar-refractivity contribution in [2.45, 2.75) is 25.2 Å². The van der Waals surface area contributed by atoms with Gasteiger partial charge in [0.1, 0.15) is 5.75 Å². The van der Waals surface area contributed by atoms with Crippen LogP contribution in [0.5, 0.6) is 5.75 Å². The zero-order valence-corrected chi connectivity index (χ0v) is 11.9. The van der Waals surface area contributed by atoms with E-state index in [0.717, 1.165) is 18.5 Å². The lowest BCUT2D eigenvalue weighted by atomic mass is 10.00. The van der Waals surface area contributed by atoms with E-state index in [9.17, 15) is 13.2 Å². The second-order valence-corrected chi connectivity index (χ2v) is 5.35. The first-order chi connectivity index (χ1) is 10.5. The van der Waals surface area contributed by atoms with Gasteiger partial charge in [0.15, 0.2) is 0 Å². The van der Waals surface area contributed by atoms with E-state index in [1.807, 2.05) is 24.3 Å². The molecule has 1 N–H and O–H groups in total. The summed E-state index contributed by atoms with van der Waals surface area (Å²) in [6.45, 7) is 1.03. The third-order valence-electron chi connectivity index (χ3n) is 3.77. The van der Waals surface area contributed by atoms with Crippen molar-refractivity contribution in [2.75, 3.05) is 6.54 Å². The summed E-state index contributed by atoms with van der Waals surface area (Å²) in [5.74, 6) is -0.202. The predicted molar refractivity (Wildman–Crippen MR) is 78.5 cm³/mol. The van der Waals surface area contributed by atoms with Crippen molar-refractivity contribution < 1.29 is 17.9 Å². The van der Waals surface area contributed by atoms with Crippen LogP contribution in [0, 0.1) is 0 Å². The maximum atomic E-state index is 12.3. The molecule has 1 fully saturated rings. The van der Waals surface area contributed by atoms with Gasteiger partial charge in [-0.25, -0.2) is 0 Å². The summed E-state index contributed by atoms with van der Waals surface area (Å²) in [5.41, 5.74) is 2.78. The van der Waals surface area contributed by atoms with Gasteiger partial charge in [0.2, 0.25) is 0 Å². The van der Waals surface area contributed by atoms with Crippen LogP contribution in [0.4, 0.5) is 13.2 Å². The zero-order chi connectivity index (χ0) is 15.6. The van der Waals surface area contributed by atoms with E-state index in [-0.39, 0.29) is 5.75 Å². The van der Waals surface area contributed by atoms with Crippen molar-refractivity contribution in [3.05, 3.63) is 54.1 Å². The number of ether oxygens (including phenoxy) is 1. The molecule has 22 heavy (non-hydrogen) atoms. The average Bonchev–Trinajstić information content (AvgIpc) is 3.00. The Morgan fingerprint density at radius 2 is 1.77 bits per heavy atom. The first-order valence-electron chi connectivity index (χ1n) is 7.21. The molecule has 116 valence electrons. The standard InChI is InChI=1S/C17H16F3NO/c18-17(19,20)22-15-4-1-3-14(11-15)12-6-8-13(9-7-12)16-5-2-10-21-16/h1,3-4,6-9,11,16,21H,2,5,10H2. The maximum Gasteiger partial charge on any atom is 0.573 e. The fourth-order valence-corrected chi connectivity index (χ4v) is 2.75. The van der Waals surface area contributed by atoms with Gasteiger partial charge < -0.3 is 10.1 Å². The summed E-state index contributed by atoms with van der Waals surface area (Å²) < 4.78 is 40.8. The average molecular weight is 307 g/mol. The molecule has 0 aliphatic carbocycles. The highest BCUT2D eigenvalue weighted by molar-refractivity contribution is 5.65. The Balaban J connectivity index is 1.80. The quantitative estimate of drug-likeness (QED) is 0.889. The Bertz CT molecular complexity index is 631. The Morgan fingerprint density at radius 1 is 1.00 bits per heavy atom. The molecule has 1 unspecified atom stereocenters. The van der Waals surface area contributed by atoms with Crippen LogP contribution in [-0.2, 0) is 0 Å². The monoisotopic (exact) mass is 307 g/mol. The molecule has 2 aromatic carbocycles. The van der Waals surface area contributed by atoms with Gasteiger partial charge in [-0.15, -0.1) is 13.2 Å². The molecular formula is C17H16F3NO. The highest BCUT2D eigenvalue weighted by Crippen LogP contribution is 2.29. The predicted octanol–water partition coefficient (Wildman–Crippen LogP) is 4.68. The van der Waals surface area contributed by atoms with Gasteiger partial charge in [-0.05, 0) is 48.2 Å². The molecule has 0 spiro atoms. The molecule has 1 atom stereocenters. The number of hydrogen-bond donors (Lipinski definition) is 1. The van der Waals surface area contributed by atoms with Crippen LogP contribution < -0.4 is 10.1 Å². The number of alkyl halides is 3. The SMILES string of the molecule is FC(F)(F)Oc1cccc(-c2ccc(C3CCCN3)cc2)c1. The number of halogens is 3. The third-order valence-corrected chi connectivity index (χ3v) is 3.77. The molecule has 1 heterocycles. The Labute approximate surface area is 126 Å². The van der Waals surface area contributed by atoms with Crippen molar-refractivity contribution in [1.29, 1.82) is 0 Å². The van der Waals surface area contributed by atoms with E-state index < -0.39 is 6.36 Å². The molecule has 0 amide bonds. The molecule has 0 aromatic heterocycles. The minimum atomic E-state index is -4.67. The number of hydrogen-bond acceptors (Lipinski definition) is 2. The van der Waals surface area contributed by atoms with Crippen molar-refractivity contribution in [3.8, 4) is 16.9 Å². The topological polar surface area (TPSA) is 21.3 Å². The summed E-state index contributed by atoms with van der Waals surface area (Å²) in [5, 5.41) is 3.42. The highest BCUT2D eigenvalue weighted by Gasteiger charge is 2.31. The van der Waals surface area contributed by atoms with E-state index in [1.54, 1.807) is 12.1 Å². The molecule has 5 heteroatoms. The van der Waals surface area contributed by atoms with Crippen molar-refractivity contribution in [1.82, 2.24) is 5.32 Å². The molecule has 0 bridgehead atoms. The number of benzene rings is 2. The van der Waals surface area contributed by atoms with Crippen LogP contribution in [0.1, 0.15) is 24.4 Å². The fraction of sp³-hybridized carbons (Fsp3) is 0.294. The second kappa shape index (κ2) is 6.01. The van der Waals surface area contributed by atoms with Gasteiger partial charge in [-0.1, -0.05) is 36.4 Å². The first kappa shape index (κ1) is 14.9. The summed E-state index contributed by atoms with van der Waals surface area (Å²) in [6, 6.07) is 14.3. The van der Waals surface area contributed by atoms with Crippen LogP contribution in [0.3, 0.4) is 0 Å². The zero-order valence-electron chi connectivity index (χ0n) is 11.9. The van der Waals surface area contributed by atoms with Crippen LogP contribution in [0.15, 0.2) is 48.5 Å². The van der Waals surface area contributed by atoms with Gasteiger partial charge in [0, 0.05) is 6.04 Å². The molecule has 0 radical (unpaired) electrons. The van der Waals surface area contributed by atoms with Crippen LogP contribution in [0.25, 0.3) is 11.1 Å². The molecule has 0 saturated carbocycles. The van der Waals surface area contributed by atoms with Gasteiger partial charge in [-0.3, -0.25) is 0 Å². The Hall–Kier alpha value is -2.01. The minimum absolute atomic E-state index is 0.202. The van der Waals surface area contributed by atoms with Crippen molar-refractivity contribution in [2.24, 2.45) is 0 Å². The maximum absolute atomic E-state index is 12.3. The van der Waals surface area contributed by atoms with Gasteiger partial charge in [0.05, 0.1) is 0 Å². The van der Waals surface area contributed by atoms with E-state index in [2.05, 4.69) is 10.1 Å². The largest absolute Gasteiger partial charge is 0.573 e. The lowest BCUT2D eigenvalue weighted by Gasteiger charge is -2.12. The number of nitrogens with one attached hydrogen (secondary N) is 1. The minimum Gasteiger partial charge on any atom is -0.406 e. The van der Waals surface area contributed by atoms with E-state index in [4.69, 9.17) is 0 Å². The summed E-state index contributed by atoms with van der Waals surface area (Å²) in [4.78, 5) is 0. The van der Waals surface area contributed by atoms with E-state index in [1.165, 1.54) is 24.1 Å².